The highest BCUT2D eigenvalue weighted by molar-refractivity contribution is 5.94. The fourth-order valence-electron chi connectivity index (χ4n) is 3.75. The molecule has 7 nitrogen and oxygen atoms in total. The van der Waals surface area contributed by atoms with Gasteiger partial charge in [-0.2, -0.15) is 0 Å². The molecule has 0 bridgehead atoms. The third kappa shape index (κ3) is 3.89. The van der Waals surface area contributed by atoms with Gasteiger partial charge >= 0.3 is 0 Å². The monoisotopic (exact) mass is 435 g/mol. The fourth-order valence-corrected chi connectivity index (χ4v) is 3.75. The van der Waals surface area contributed by atoms with E-state index in [4.69, 9.17) is 4.74 Å². The molecule has 1 atom stereocenters. The van der Waals surface area contributed by atoms with Gasteiger partial charge in [-0.15, -0.1) is 5.10 Å². The minimum Gasteiger partial charge on any atom is -0.466 e. The van der Waals surface area contributed by atoms with Gasteiger partial charge in [0, 0.05) is 30.0 Å². The van der Waals surface area contributed by atoms with Crippen molar-refractivity contribution >= 4 is 16.8 Å². The van der Waals surface area contributed by atoms with Crippen LogP contribution in [0, 0.1) is 0 Å². The van der Waals surface area contributed by atoms with Gasteiger partial charge < -0.3 is 9.64 Å². The van der Waals surface area contributed by atoms with Crippen molar-refractivity contribution in [3.8, 4) is 11.6 Å². The largest absolute Gasteiger partial charge is 0.466 e. The van der Waals surface area contributed by atoms with Crippen molar-refractivity contribution in [2.75, 3.05) is 13.1 Å². The van der Waals surface area contributed by atoms with Gasteiger partial charge in [0.1, 0.15) is 0 Å². The highest BCUT2D eigenvalue weighted by Gasteiger charge is 2.47. The summed E-state index contributed by atoms with van der Waals surface area (Å²) >= 11 is 0. The van der Waals surface area contributed by atoms with Crippen molar-refractivity contribution < 1.29 is 18.3 Å². The van der Waals surface area contributed by atoms with Crippen LogP contribution in [0.1, 0.15) is 16.8 Å². The van der Waals surface area contributed by atoms with Crippen LogP contribution >= 0.6 is 0 Å². The van der Waals surface area contributed by atoms with Crippen LogP contribution in [-0.2, 0) is 0 Å². The first kappa shape index (κ1) is 20.0. The SMILES string of the molecule is O=C(c1cccc(-n2ccnn2)c1)N1CCC(F)(F)[C@@H](Oc2ccc3ccccc3n2)C1. The van der Waals surface area contributed by atoms with Crippen molar-refractivity contribution in [3.63, 3.8) is 0 Å². The van der Waals surface area contributed by atoms with Crippen LogP contribution in [0.4, 0.5) is 8.78 Å². The maximum Gasteiger partial charge on any atom is 0.287 e. The van der Waals surface area contributed by atoms with Gasteiger partial charge in [-0.3, -0.25) is 4.79 Å². The van der Waals surface area contributed by atoms with Crippen LogP contribution in [0.2, 0.25) is 0 Å². The minimum atomic E-state index is -3.08. The number of rotatable bonds is 4. The molecule has 1 aliphatic rings. The first-order chi connectivity index (χ1) is 15.5. The van der Waals surface area contributed by atoms with E-state index in [0.717, 1.165) is 5.39 Å². The molecule has 3 heterocycles. The highest BCUT2D eigenvalue weighted by atomic mass is 19.3. The molecular formula is C23H19F2N5O2. The number of hydrogen-bond donors (Lipinski definition) is 0. The van der Waals surface area contributed by atoms with E-state index in [1.807, 2.05) is 18.2 Å². The summed E-state index contributed by atoms with van der Waals surface area (Å²) in [5.74, 6) is -3.31. The number of para-hydroxylation sites is 1. The molecular weight excluding hydrogens is 416 g/mol. The average Bonchev–Trinajstić information content (AvgIpc) is 3.35. The molecule has 9 heteroatoms. The van der Waals surface area contributed by atoms with E-state index in [2.05, 4.69) is 15.3 Å². The Balaban J connectivity index is 1.36. The molecule has 2 aromatic carbocycles. The summed E-state index contributed by atoms with van der Waals surface area (Å²) in [4.78, 5) is 18.8. The minimum absolute atomic E-state index is 0.0651. The Morgan fingerprint density at radius 1 is 1.09 bits per heavy atom. The first-order valence-corrected chi connectivity index (χ1v) is 10.2. The maximum atomic E-state index is 14.6. The van der Waals surface area contributed by atoms with E-state index in [1.165, 1.54) is 15.8 Å². The van der Waals surface area contributed by atoms with Crippen LogP contribution in [0.15, 0.2) is 73.1 Å². The van der Waals surface area contributed by atoms with Crippen LogP contribution in [0.3, 0.4) is 0 Å². The van der Waals surface area contributed by atoms with Crippen molar-refractivity contribution in [1.82, 2.24) is 24.9 Å². The summed E-state index contributed by atoms with van der Waals surface area (Å²) < 4.78 is 36.4. The normalized spacial score (nSPS) is 17.9. The summed E-state index contributed by atoms with van der Waals surface area (Å²) in [5.41, 5.74) is 1.69. The van der Waals surface area contributed by atoms with E-state index >= 15 is 0 Å². The second-order valence-corrected chi connectivity index (χ2v) is 7.61. The van der Waals surface area contributed by atoms with Gasteiger partial charge in [0.05, 0.1) is 30.1 Å². The lowest BCUT2D eigenvalue weighted by molar-refractivity contribution is -0.131. The zero-order valence-corrected chi connectivity index (χ0v) is 16.9. The number of piperidine rings is 1. The Morgan fingerprint density at radius 2 is 1.97 bits per heavy atom. The molecule has 0 N–H and O–H groups in total. The molecule has 0 radical (unpaired) electrons. The van der Waals surface area contributed by atoms with Gasteiger partial charge in [0.15, 0.2) is 6.10 Å². The molecule has 2 aromatic heterocycles. The molecule has 32 heavy (non-hydrogen) atoms. The molecule has 1 aliphatic heterocycles. The lowest BCUT2D eigenvalue weighted by Gasteiger charge is -2.38. The van der Waals surface area contributed by atoms with Gasteiger partial charge in [0.2, 0.25) is 5.88 Å². The van der Waals surface area contributed by atoms with E-state index < -0.39 is 18.4 Å². The van der Waals surface area contributed by atoms with Crippen LogP contribution in [-0.4, -0.2) is 55.9 Å². The number of likely N-dealkylation sites (tertiary alicyclic amines) is 1. The van der Waals surface area contributed by atoms with Crippen LogP contribution in [0.25, 0.3) is 16.6 Å². The lowest BCUT2D eigenvalue weighted by Crippen LogP contribution is -2.55. The number of nitrogens with zero attached hydrogens (tertiary/aromatic N) is 5. The molecule has 0 spiro atoms. The van der Waals surface area contributed by atoms with Crippen molar-refractivity contribution in [2.45, 2.75) is 18.4 Å². The quantitative estimate of drug-likeness (QED) is 0.488. The Bertz CT molecular complexity index is 1260. The average molecular weight is 435 g/mol. The highest BCUT2D eigenvalue weighted by Crippen LogP contribution is 2.32. The van der Waals surface area contributed by atoms with Gasteiger partial charge in [-0.05, 0) is 30.3 Å². The number of fused-ring (bicyclic) bond motifs is 1. The standard InChI is InChI=1S/C23H19F2N5O2/c24-23(25)10-12-29(22(31)17-5-3-6-18(14-17)30-13-11-26-28-30)15-20(23)32-21-9-8-16-4-1-2-7-19(16)27-21/h1-9,11,13-14,20H,10,12,15H2/t20-/m0/s1. The fraction of sp³-hybridized carbons (Fsp3) is 0.217. The summed E-state index contributed by atoms with van der Waals surface area (Å²) in [7, 11) is 0. The van der Waals surface area contributed by atoms with Crippen molar-refractivity contribution in [1.29, 1.82) is 0 Å². The van der Waals surface area contributed by atoms with Crippen molar-refractivity contribution in [2.24, 2.45) is 0 Å². The predicted octanol–water partition coefficient (Wildman–Crippen LogP) is 3.74. The summed E-state index contributed by atoms with van der Waals surface area (Å²) in [6.07, 6.45) is 1.21. The number of pyridine rings is 1. The Labute approximate surface area is 182 Å². The van der Waals surface area contributed by atoms with E-state index in [0.29, 0.717) is 16.8 Å². The number of hydrogen-bond acceptors (Lipinski definition) is 5. The molecule has 1 amide bonds. The van der Waals surface area contributed by atoms with Gasteiger partial charge in [-0.25, -0.2) is 18.4 Å². The molecule has 1 saturated heterocycles. The van der Waals surface area contributed by atoms with Crippen LogP contribution in [0.5, 0.6) is 5.88 Å². The Hall–Kier alpha value is -3.88. The lowest BCUT2D eigenvalue weighted by atomic mass is 10.0. The summed E-state index contributed by atoms with van der Waals surface area (Å²) in [6, 6.07) is 17.5. The number of ether oxygens (including phenoxy) is 1. The number of alkyl halides is 2. The van der Waals surface area contributed by atoms with Gasteiger partial charge in [0.25, 0.3) is 11.8 Å². The first-order valence-electron chi connectivity index (χ1n) is 10.2. The van der Waals surface area contributed by atoms with Crippen molar-refractivity contribution in [3.05, 3.63) is 78.6 Å². The number of amides is 1. The zero-order chi connectivity index (χ0) is 22.1. The number of carbonyl (C=O) groups excluding carboxylic acids is 1. The molecule has 0 unspecified atom stereocenters. The second kappa shape index (κ2) is 7.99. The zero-order valence-electron chi connectivity index (χ0n) is 16.9. The Morgan fingerprint density at radius 3 is 2.81 bits per heavy atom. The summed E-state index contributed by atoms with van der Waals surface area (Å²) in [6.45, 7) is -0.307. The van der Waals surface area contributed by atoms with E-state index in [1.54, 1.807) is 48.7 Å². The van der Waals surface area contributed by atoms with E-state index in [9.17, 15) is 13.6 Å². The maximum absolute atomic E-state index is 14.6. The van der Waals surface area contributed by atoms with Gasteiger partial charge in [-0.1, -0.05) is 29.5 Å². The number of halogens is 2. The summed E-state index contributed by atoms with van der Waals surface area (Å²) in [5, 5.41) is 8.56. The molecule has 162 valence electrons. The molecule has 5 rings (SSSR count). The number of benzene rings is 2. The Kier molecular flexibility index (Phi) is 5.01. The number of aromatic nitrogens is 4. The number of carbonyl (C=O) groups is 1. The third-order valence-electron chi connectivity index (χ3n) is 5.48. The molecule has 0 aliphatic carbocycles. The topological polar surface area (TPSA) is 73.1 Å². The molecule has 1 fully saturated rings. The predicted molar refractivity (Wildman–Crippen MR) is 113 cm³/mol. The molecule has 0 saturated carbocycles. The smallest absolute Gasteiger partial charge is 0.287 e. The van der Waals surface area contributed by atoms with Crippen LogP contribution < -0.4 is 4.74 Å². The third-order valence-corrected chi connectivity index (χ3v) is 5.48. The molecule has 4 aromatic rings. The second-order valence-electron chi connectivity index (χ2n) is 7.61. The van der Waals surface area contributed by atoms with E-state index in [-0.39, 0.29) is 24.9 Å².